The predicted molar refractivity (Wildman–Crippen MR) is 90.8 cm³/mol. The second kappa shape index (κ2) is 6.78. The summed E-state index contributed by atoms with van der Waals surface area (Å²) < 4.78 is 0. The van der Waals surface area contributed by atoms with E-state index in [1.54, 1.807) is 18.2 Å². The molecule has 0 unspecified atom stereocenters. The van der Waals surface area contributed by atoms with Gasteiger partial charge in [0.2, 0.25) is 0 Å². The molecule has 9 heteroatoms. The summed E-state index contributed by atoms with van der Waals surface area (Å²) in [6, 6.07) is 14.0. The van der Waals surface area contributed by atoms with Crippen LogP contribution in [0.25, 0.3) is 5.69 Å². The van der Waals surface area contributed by atoms with E-state index < -0.39 is 10.7 Å². The normalized spacial score (nSPS) is 11.7. The average molecular weight is 360 g/mol. The van der Waals surface area contributed by atoms with Gasteiger partial charge in [-0.25, -0.2) is 0 Å². The van der Waals surface area contributed by atoms with Crippen molar-refractivity contribution >= 4 is 17.4 Å². The van der Waals surface area contributed by atoms with E-state index in [1.807, 2.05) is 31.2 Å². The fourth-order valence-corrected chi connectivity index (χ4v) is 2.42. The second-order valence-corrected chi connectivity index (χ2v) is 5.80. The van der Waals surface area contributed by atoms with Crippen LogP contribution in [0.5, 0.6) is 0 Å². The van der Waals surface area contributed by atoms with Gasteiger partial charge in [-0.05, 0) is 40.4 Å². The predicted octanol–water partition coefficient (Wildman–Crippen LogP) is 2.88. The average Bonchev–Trinajstić information content (AvgIpc) is 2.91. The Morgan fingerprint density at radius 1 is 1.28 bits per heavy atom. The van der Waals surface area contributed by atoms with Crippen LogP contribution in [0, 0.1) is 17.0 Å². The molecule has 8 nitrogen and oxygen atoms in total. The highest BCUT2D eigenvalue weighted by atomic mass is 35.5. The van der Waals surface area contributed by atoms with Gasteiger partial charge in [-0.1, -0.05) is 52.3 Å². The molecule has 0 amide bonds. The number of aromatic nitrogens is 3. The first-order chi connectivity index (χ1) is 12.0. The highest BCUT2D eigenvalue weighted by Crippen LogP contribution is 2.14. The van der Waals surface area contributed by atoms with Crippen LogP contribution in [0.2, 0.25) is 5.02 Å². The van der Waals surface area contributed by atoms with Gasteiger partial charge in [-0.15, -0.1) is 0 Å². The lowest BCUT2D eigenvalue weighted by Crippen LogP contribution is -2.22. The van der Waals surface area contributed by atoms with E-state index in [0.29, 0.717) is 15.6 Å². The number of nitro groups is 1. The number of hydrogen-bond acceptors (Lipinski definition) is 5. The minimum Gasteiger partial charge on any atom is -0.409 e. The fourth-order valence-electron chi connectivity index (χ4n) is 2.24. The summed E-state index contributed by atoms with van der Waals surface area (Å²) in [6.45, 7) is 2.13. The van der Waals surface area contributed by atoms with Crippen LogP contribution in [0.4, 0.5) is 5.82 Å². The van der Waals surface area contributed by atoms with Gasteiger partial charge < -0.3 is 15.3 Å². The van der Waals surface area contributed by atoms with E-state index >= 15 is 0 Å². The van der Waals surface area contributed by atoms with Crippen molar-refractivity contribution in [3.8, 4) is 5.69 Å². The van der Waals surface area contributed by atoms with Gasteiger partial charge in [0.15, 0.2) is 0 Å². The van der Waals surface area contributed by atoms with Gasteiger partial charge >= 0.3 is 5.82 Å². The van der Waals surface area contributed by atoms with Crippen molar-refractivity contribution in [3.05, 3.63) is 80.3 Å². The number of benzene rings is 2. The molecule has 3 aromatic rings. The monoisotopic (exact) mass is 359 g/mol. The number of halogens is 1. The molecule has 0 bridgehead atoms. The number of rotatable bonds is 4. The molecule has 0 atom stereocenters. The largest absolute Gasteiger partial charge is 0.438 e. The van der Waals surface area contributed by atoms with Crippen LogP contribution in [0.1, 0.15) is 11.1 Å². The van der Waals surface area contributed by atoms with E-state index in [0.717, 1.165) is 15.9 Å². The fraction of sp³-hybridized carbons (Fsp3) is 0.125. The molecule has 3 rings (SSSR count). The van der Waals surface area contributed by atoms with E-state index in [-0.39, 0.29) is 12.0 Å². The first-order valence-electron chi connectivity index (χ1n) is 7.33. The van der Waals surface area contributed by atoms with Crippen molar-refractivity contribution in [1.29, 1.82) is 0 Å². The topological polar surface area (TPSA) is 98.5 Å². The Kier molecular flexibility index (Phi) is 4.53. The van der Waals surface area contributed by atoms with Crippen molar-refractivity contribution in [2.45, 2.75) is 13.5 Å². The number of nitrogens with zero attached hydrogens (tertiary/aromatic N) is 5. The zero-order valence-electron chi connectivity index (χ0n) is 13.2. The Morgan fingerprint density at radius 2 is 2.00 bits per heavy atom. The van der Waals surface area contributed by atoms with E-state index in [1.165, 1.54) is 6.07 Å². The second-order valence-electron chi connectivity index (χ2n) is 5.36. The van der Waals surface area contributed by atoms with Gasteiger partial charge in [0.05, 0.1) is 11.6 Å². The molecule has 0 fully saturated rings. The van der Waals surface area contributed by atoms with E-state index in [9.17, 15) is 15.3 Å². The molecule has 0 aliphatic carbocycles. The van der Waals surface area contributed by atoms with Crippen molar-refractivity contribution in [2.75, 3.05) is 0 Å². The van der Waals surface area contributed by atoms with E-state index in [4.69, 9.17) is 11.6 Å². The van der Waals surface area contributed by atoms with Crippen LogP contribution < -0.4 is 5.49 Å². The molecule has 1 aromatic heterocycles. The van der Waals surface area contributed by atoms with Crippen molar-refractivity contribution in [1.82, 2.24) is 14.7 Å². The maximum absolute atomic E-state index is 11.3. The first-order valence-corrected chi connectivity index (χ1v) is 7.71. The van der Waals surface area contributed by atoms with Crippen molar-refractivity contribution in [3.63, 3.8) is 0 Å². The summed E-state index contributed by atoms with van der Waals surface area (Å²) in [7, 11) is 0. The van der Waals surface area contributed by atoms with Crippen LogP contribution in [-0.2, 0) is 6.54 Å². The summed E-state index contributed by atoms with van der Waals surface area (Å²) in [6.07, 6.45) is 0. The molecule has 128 valence electrons. The molecule has 0 spiro atoms. The minimum absolute atomic E-state index is 0.170. The minimum atomic E-state index is -0.693. The maximum atomic E-state index is 11.3. The molecule has 1 N–H and O–H groups in total. The summed E-state index contributed by atoms with van der Waals surface area (Å²) in [5.41, 5.74) is 2.08. The maximum Gasteiger partial charge on any atom is 0.438 e. The van der Waals surface area contributed by atoms with E-state index in [2.05, 4.69) is 10.1 Å². The van der Waals surface area contributed by atoms with Gasteiger partial charge in [-0.2, -0.15) is 0 Å². The third kappa shape index (κ3) is 3.53. The van der Waals surface area contributed by atoms with Crippen LogP contribution in [0.15, 0.2) is 53.5 Å². The third-order valence-electron chi connectivity index (χ3n) is 3.50. The molecule has 1 heterocycles. The van der Waals surface area contributed by atoms with Gasteiger partial charge in [-0.3, -0.25) is 4.99 Å². The molecule has 0 saturated heterocycles. The summed E-state index contributed by atoms with van der Waals surface area (Å²) >= 11 is 5.92. The van der Waals surface area contributed by atoms with Crippen LogP contribution in [0.3, 0.4) is 0 Å². The molecule has 25 heavy (non-hydrogen) atoms. The molecule has 0 saturated carbocycles. The standard InChI is InChI=1S/C16H14ClN5O3/c1-11-5-7-12(8-6-11)10-18-15-16(22(24)25)19-20(21(15)23)14-4-2-3-13(17)9-14/h2-9,23H,10H2,1H3. The van der Waals surface area contributed by atoms with Gasteiger partial charge in [0, 0.05) is 5.02 Å². The lowest BCUT2D eigenvalue weighted by atomic mass is 10.1. The van der Waals surface area contributed by atoms with Gasteiger partial charge in [0.1, 0.15) is 5.69 Å². The first kappa shape index (κ1) is 16.7. The highest BCUT2D eigenvalue weighted by molar-refractivity contribution is 6.30. The Balaban J connectivity index is 2.07. The molecule has 2 aromatic carbocycles. The zero-order chi connectivity index (χ0) is 18.0. The Bertz CT molecular complexity index is 992. The van der Waals surface area contributed by atoms with Crippen molar-refractivity contribution < 1.29 is 10.1 Å². The molecule has 0 aliphatic rings. The van der Waals surface area contributed by atoms with Crippen LogP contribution in [-0.4, -0.2) is 24.9 Å². The van der Waals surface area contributed by atoms with Crippen LogP contribution >= 0.6 is 11.6 Å². The summed E-state index contributed by atoms with van der Waals surface area (Å²) in [4.78, 5) is 16.2. The number of hydrogen-bond donors (Lipinski definition) is 1. The lowest BCUT2D eigenvalue weighted by molar-refractivity contribution is -0.391. The Morgan fingerprint density at radius 3 is 2.64 bits per heavy atom. The SMILES string of the molecule is Cc1ccc(CN=c2c([N+](=O)[O-])nn(-c3cccc(Cl)c3)n2O)cc1. The van der Waals surface area contributed by atoms with Crippen molar-refractivity contribution in [2.24, 2.45) is 4.99 Å². The molecule has 0 radical (unpaired) electrons. The Hall–Kier alpha value is -3.13. The molecular formula is C16H14ClN5O3. The Labute approximate surface area is 147 Å². The molecular weight excluding hydrogens is 346 g/mol. The summed E-state index contributed by atoms with van der Waals surface area (Å²) in [5, 5.41) is 25.8. The summed E-state index contributed by atoms with van der Waals surface area (Å²) in [5.74, 6) is -0.547. The highest BCUT2D eigenvalue weighted by Gasteiger charge is 2.24. The lowest BCUT2D eigenvalue weighted by Gasteiger charge is -2.00. The quantitative estimate of drug-likeness (QED) is 0.440. The molecule has 0 aliphatic heterocycles. The number of aryl methyl sites for hydroxylation is 1. The zero-order valence-corrected chi connectivity index (χ0v) is 14.0. The third-order valence-corrected chi connectivity index (χ3v) is 3.74. The smallest absolute Gasteiger partial charge is 0.409 e. The van der Waals surface area contributed by atoms with Gasteiger partial charge in [0.25, 0.3) is 5.49 Å².